The zero-order valence-corrected chi connectivity index (χ0v) is 13.5. The van der Waals surface area contributed by atoms with Gasteiger partial charge < -0.3 is 4.74 Å². The average Bonchev–Trinajstić information content (AvgIpc) is 2.63. The SMILES string of the molecule is COc1ccnc2c1c(=O)n(Cc1ccc([N+](=O)[O-])cc1)c(=O)n2C. The molecule has 0 N–H and O–H groups in total. The lowest BCUT2D eigenvalue weighted by Crippen LogP contribution is -2.39. The van der Waals surface area contributed by atoms with E-state index in [1.165, 1.54) is 49.2 Å². The molecule has 128 valence electrons. The van der Waals surface area contributed by atoms with Crippen LogP contribution in [0.2, 0.25) is 0 Å². The van der Waals surface area contributed by atoms with Gasteiger partial charge in [-0.15, -0.1) is 0 Å². The predicted molar refractivity (Wildman–Crippen MR) is 90.0 cm³/mol. The van der Waals surface area contributed by atoms with Crippen molar-refractivity contribution in [1.82, 2.24) is 14.1 Å². The molecule has 25 heavy (non-hydrogen) atoms. The van der Waals surface area contributed by atoms with Crippen molar-refractivity contribution in [2.24, 2.45) is 7.05 Å². The number of hydrogen-bond donors (Lipinski definition) is 0. The Morgan fingerprint density at radius 2 is 1.88 bits per heavy atom. The van der Waals surface area contributed by atoms with Crippen LogP contribution < -0.4 is 16.0 Å². The van der Waals surface area contributed by atoms with Crippen LogP contribution in [0.3, 0.4) is 0 Å². The number of fused-ring (bicyclic) bond motifs is 1. The summed E-state index contributed by atoms with van der Waals surface area (Å²) in [6, 6.07) is 7.22. The predicted octanol–water partition coefficient (Wildman–Crippen LogP) is 1.06. The van der Waals surface area contributed by atoms with E-state index in [1.807, 2.05) is 0 Å². The highest BCUT2D eigenvalue weighted by molar-refractivity contribution is 5.80. The molecule has 0 saturated carbocycles. The second-order valence-electron chi connectivity index (χ2n) is 5.37. The van der Waals surface area contributed by atoms with Gasteiger partial charge in [-0.25, -0.2) is 9.78 Å². The van der Waals surface area contributed by atoms with Crippen LogP contribution in [0.4, 0.5) is 5.69 Å². The van der Waals surface area contributed by atoms with Crippen molar-refractivity contribution in [3.05, 3.63) is 73.0 Å². The Morgan fingerprint density at radius 1 is 1.20 bits per heavy atom. The van der Waals surface area contributed by atoms with Crippen LogP contribution in [-0.2, 0) is 13.6 Å². The number of nitro benzene ring substituents is 1. The third-order valence-corrected chi connectivity index (χ3v) is 3.90. The smallest absolute Gasteiger partial charge is 0.332 e. The number of non-ortho nitro benzene ring substituents is 1. The maximum atomic E-state index is 12.8. The molecule has 0 unspecified atom stereocenters. The van der Waals surface area contributed by atoms with E-state index in [1.54, 1.807) is 6.07 Å². The van der Waals surface area contributed by atoms with Crippen molar-refractivity contribution in [3.63, 3.8) is 0 Å². The van der Waals surface area contributed by atoms with Crippen LogP contribution in [-0.4, -0.2) is 26.2 Å². The molecule has 3 aromatic rings. The summed E-state index contributed by atoms with van der Waals surface area (Å²) in [6.07, 6.45) is 1.46. The zero-order valence-electron chi connectivity index (χ0n) is 13.5. The molecule has 0 fully saturated rings. The van der Waals surface area contributed by atoms with Crippen LogP contribution in [0, 0.1) is 10.1 Å². The van der Waals surface area contributed by atoms with E-state index in [-0.39, 0.29) is 23.3 Å². The summed E-state index contributed by atoms with van der Waals surface area (Å²) in [6.45, 7) is -0.0164. The first-order valence-electron chi connectivity index (χ1n) is 7.30. The molecule has 3 rings (SSSR count). The molecule has 2 heterocycles. The fourth-order valence-corrected chi connectivity index (χ4v) is 2.60. The third kappa shape index (κ3) is 2.75. The lowest BCUT2D eigenvalue weighted by atomic mass is 10.2. The molecular weight excluding hydrogens is 328 g/mol. The van der Waals surface area contributed by atoms with Crippen molar-refractivity contribution in [2.75, 3.05) is 7.11 Å². The largest absolute Gasteiger partial charge is 0.496 e. The minimum atomic E-state index is -0.531. The average molecular weight is 342 g/mol. The number of aryl methyl sites for hydroxylation is 1. The normalized spacial score (nSPS) is 10.8. The Bertz CT molecular complexity index is 1080. The Hall–Kier alpha value is -3.49. The van der Waals surface area contributed by atoms with Gasteiger partial charge in [-0.2, -0.15) is 0 Å². The molecule has 0 spiro atoms. The third-order valence-electron chi connectivity index (χ3n) is 3.90. The van der Waals surface area contributed by atoms with Crippen molar-refractivity contribution >= 4 is 16.7 Å². The van der Waals surface area contributed by atoms with Gasteiger partial charge in [0.15, 0.2) is 5.65 Å². The summed E-state index contributed by atoms with van der Waals surface area (Å²) >= 11 is 0. The summed E-state index contributed by atoms with van der Waals surface area (Å²) in [5.74, 6) is 0.322. The lowest BCUT2D eigenvalue weighted by Gasteiger charge is -2.12. The molecular formula is C16H14N4O5. The number of methoxy groups -OCH3 is 1. The molecule has 0 atom stereocenters. The van der Waals surface area contributed by atoms with Gasteiger partial charge in [0.25, 0.3) is 11.2 Å². The van der Waals surface area contributed by atoms with E-state index in [2.05, 4.69) is 4.98 Å². The Balaban J connectivity index is 2.18. The highest BCUT2D eigenvalue weighted by Gasteiger charge is 2.16. The minimum Gasteiger partial charge on any atom is -0.496 e. The van der Waals surface area contributed by atoms with Crippen LogP contribution in [0.1, 0.15) is 5.56 Å². The number of hydrogen-bond acceptors (Lipinski definition) is 6. The van der Waals surface area contributed by atoms with E-state index in [9.17, 15) is 19.7 Å². The first-order chi connectivity index (χ1) is 11.9. The van der Waals surface area contributed by atoms with E-state index in [0.717, 1.165) is 4.57 Å². The maximum absolute atomic E-state index is 12.8. The monoisotopic (exact) mass is 342 g/mol. The van der Waals surface area contributed by atoms with Crippen molar-refractivity contribution in [3.8, 4) is 5.75 Å². The maximum Gasteiger partial charge on any atom is 0.332 e. The van der Waals surface area contributed by atoms with Crippen molar-refractivity contribution in [1.29, 1.82) is 0 Å². The summed E-state index contributed by atoms with van der Waals surface area (Å²) in [7, 11) is 2.95. The molecule has 0 amide bonds. The van der Waals surface area contributed by atoms with Crippen molar-refractivity contribution < 1.29 is 9.66 Å². The van der Waals surface area contributed by atoms with E-state index < -0.39 is 16.2 Å². The van der Waals surface area contributed by atoms with E-state index >= 15 is 0 Å². The number of rotatable bonds is 4. The van der Waals surface area contributed by atoms with Gasteiger partial charge in [-0.05, 0) is 11.6 Å². The standard InChI is InChI=1S/C16H14N4O5/c1-18-14-13(12(25-2)7-8-17-14)15(21)19(16(18)22)9-10-3-5-11(6-4-10)20(23)24/h3-8H,9H2,1-2H3. The van der Waals surface area contributed by atoms with Gasteiger partial charge in [0.05, 0.1) is 18.6 Å². The molecule has 0 bridgehead atoms. The molecule has 0 aliphatic rings. The topological polar surface area (TPSA) is 109 Å². The lowest BCUT2D eigenvalue weighted by molar-refractivity contribution is -0.384. The van der Waals surface area contributed by atoms with E-state index in [0.29, 0.717) is 11.3 Å². The molecule has 0 aliphatic heterocycles. The number of nitrogens with zero attached hydrogens (tertiary/aromatic N) is 4. The molecule has 0 radical (unpaired) electrons. The molecule has 9 nitrogen and oxygen atoms in total. The zero-order chi connectivity index (χ0) is 18.1. The van der Waals surface area contributed by atoms with Crippen LogP contribution >= 0.6 is 0 Å². The number of ether oxygens (including phenoxy) is 1. The Kier molecular flexibility index (Phi) is 4.05. The van der Waals surface area contributed by atoms with Gasteiger partial charge in [0.2, 0.25) is 0 Å². The highest BCUT2D eigenvalue weighted by atomic mass is 16.6. The second kappa shape index (κ2) is 6.19. The van der Waals surface area contributed by atoms with Crippen LogP contribution in [0.5, 0.6) is 5.75 Å². The summed E-state index contributed by atoms with van der Waals surface area (Å²) in [5, 5.41) is 10.9. The van der Waals surface area contributed by atoms with Crippen LogP contribution in [0.15, 0.2) is 46.1 Å². The molecule has 0 saturated heterocycles. The fraction of sp³-hybridized carbons (Fsp3) is 0.188. The van der Waals surface area contributed by atoms with Gasteiger partial charge in [-0.1, -0.05) is 12.1 Å². The van der Waals surface area contributed by atoms with E-state index in [4.69, 9.17) is 4.74 Å². The molecule has 0 aliphatic carbocycles. The minimum absolute atomic E-state index is 0.0164. The summed E-state index contributed by atoms with van der Waals surface area (Å²) in [5.41, 5.74) is -0.298. The summed E-state index contributed by atoms with van der Waals surface area (Å²) < 4.78 is 7.52. The molecule has 9 heteroatoms. The first-order valence-corrected chi connectivity index (χ1v) is 7.30. The van der Waals surface area contributed by atoms with Crippen molar-refractivity contribution in [2.45, 2.75) is 6.54 Å². The second-order valence-corrected chi connectivity index (χ2v) is 5.37. The van der Waals surface area contributed by atoms with Gasteiger partial charge in [-0.3, -0.25) is 24.0 Å². The number of aromatic nitrogens is 3. The highest BCUT2D eigenvalue weighted by Crippen LogP contribution is 2.18. The number of pyridine rings is 1. The Labute approximate surface area is 140 Å². The Morgan fingerprint density at radius 3 is 2.48 bits per heavy atom. The van der Waals surface area contributed by atoms with Gasteiger partial charge in [0.1, 0.15) is 11.1 Å². The first kappa shape index (κ1) is 16.4. The molecule has 1 aromatic carbocycles. The van der Waals surface area contributed by atoms with Gasteiger partial charge >= 0.3 is 5.69 Å². The fourth-order valence-electron chi connectivity index (χ4n) is 2.60. The summed E-state index contributed by atoms with van der Waals surface area (Å²) in [4.78, 5) is 39.6. The van der Waals surface area contributed by atoms with Crippen LogP contribution in [0.25, 0.3) is 11.0 Å². The quantitative estimate of drug-likeness (QED) is 0.518. The number of benzene rings is 1. The number of nitro groups is 1. The molecule has 2 aromatic heterocycles. The van der Waals surface area contributed by atoms with Gasteiger partial charge in [0, 0.05) is 25.4 Å².